The predicted octanol–water partition coefficient (Wildman–Crippen LogP) is 4.48. The number of rotatable bonds is 6. The fraction of sp³-hybridized carbons (Fsp3) is 0.250. The molecule has 0 radical (unpaired) electrons. The third-order valence-electron chi connectivity index (χ3n) is 3.70. The van der Waals surface area contributed by atoms with Crippen LogP contribution in [0.5, 0.6) is 11.5 Å². The van der Waals surface area contributed by atoms with E-state index < -0.39 is 0 Å². The van der Waals surface area contributed by atoms with Gasteiger partial charge in [-0.1, -0.05) is 38.1 Å². The predicted molar refractivity (Wildman–Crippen MR) is 97.7 cm³/mol. The van der Waals surface area contributed by atoms with Crippen LogP contribution >= 0.6 is 0 Å². The van der Waals surface area contributed by atoms with Gasteiger partial charge in [0.1, 0.15) is 11.5 Å². The highest BCUT2D eigenvalue weighted by Gasteiger charge is 2.07. The normalized spacial score (nSPS) is 10.9. The van der Waals surface area contributed by atoms with E-state index in [9.17, 15) is 4.79 Å². The molecule has 24 heavy (non-hydrogen) atoms. The van der Waals surface area contributed by atoms with E-state index in [0.29, 0.717) is 23.1 Å². The lowest BCUT2D eigenvalue weighted by Gasteiger charge is -2.10. The van der Waals surface area contributed by atoms with Gasteiger partial charge >= 0.3 is 0 Å². The molecule has 0 spiro atoms. The van der Waals surface area contributed by atoms with Crippen LogP contribution in [0.15, 0.2) is 48.5 Å². The molecule has 0 heterocycles. The lowest BCUT2D eigenvalue weighted by atomic mass is 10.0. The van der Waals surface area contributed by atoms with Gasteiger partial charge in [-0.2, -0.15) is 0 Å². The van der Waals surface area contributed by atoms with Crippen LogP contribution in [-0.4, -0.2) is 20.1 Å². The molecule has 2 aromatic carbocycles. The van der Waals surface area contributed by atoms with Gasteiger partial charge in [-0.25, -0.2) is 0 Å². The summed E-state index contributed by atoms with van der Waals surface area (Å²) < 4.78 is 10.4. The molecular formula is C20H23NO3. The number of methoxy groups -OCH3 is 2. The maximum atomic E-state index is 12.1. The van der Waals surface area contributed by atoms with Crippen LogP contribution in [0.1, 0.15) is 30.9 Å². The average Bonchev–Trinajstić information content (AvgIpc) is 2.60. The number of carbonyl (C=O) groups is 1. The molecule has 0 atom stereocenters. The van der Waals surface area contributed by atoms with E-state index in [0.717, 1.165) is 5.56 Å². The summed E-state index contributed by atoms with van der Waals surface area (Å²) in [6.07, 6.45) is 3.30. The zero-order valence-corrected chi connectivity index (χ0v) is 14.5. The van der Waals surface area contributed by atoms with Crippen molar-refractivity contribution in [3.8, 4) is 11.5 Å². The lowest BCUT2D eigenvalue weighted by Crippen LogP contribution is -2.09. The molecule has 0 aliphatic heterocycles. The molecule has 0 aromatic heterocycles. The van der Waals surface area contributed by atoms with E-state index in [1.54, 1.807) is 38.5 Å². The Bertz CT molecular complexity index is 718. The van der Waals surface area contributed by atoms with Gasteiger partial charge in [0.05, 0.1) is 19.9 Å². The summed E-state index contributed by atoms with van der Waals surface area (Å²) in [4.78, 5) is 12.1. The first-order valence-corrected chi connectivity index (χ1v) is 7.84. The fourth-order valence-electron chi connectivity index (χ4n) is 2.24. The Morgan fingerprint density at radius 3 is 2.33 bits per heavy atom. The summed E-state index contributed by atoms with van der Waals surface area (Å²) in [5, 5.41) is 2.81. The quantitative estimate of drug-likeness (QED) is 0.797. The van der Waals surface area contributed by atoms with Crippen LogP contribution in [0, 0.1) is 0 Å². The Balaban J connectivity index is 2.05. The SMILES string of the molecule is COc1ccc(NC(=O)/C=C/c2ccc(C(C)C)cc2)c(OC)c1. The standard InChI is InChI=1S/C20H23NO3/c1-14(2)16-8-5-15(6-9-16)7-12-20(22)21-18-11-10-17(23-3)13-19(18)24-4/h5-14H,1-4H3,(H,21,22)/b12-7+. The summed E-state index contributed by atoms with van der Waals surface area (Å²) in [7, 11) is 3.14. The Kier molecular flexibility index (Phi) is 6.01. The average molecular weight is 325 g/mol. The van der Waals surface area contributed by atoms with Crippen molar-refractivity contribution in [2.45, 2.75) is 19.8 Å². The molecular weight excluding hydrogens is 302 g/mol. The molecule has 2 rings (SSSR count). The van der Waals surface area contributed by atoms with Gasteiger partial charge in [0, 0.05) is 12.1 Å². The topological polar surface area (TPSA) is 47.6 Å². The molecule has 2 aromatic rings. The van der Waals surface area contributed by atoms with Gasteiger partial charge < -0.3 is 14.8 Å². The molecule has 0 aliphatic rings. The molecule has 126 valence electrons. The van der Waals surface area contributed by atoms with Gasteiger partial charge in [-0.05, 0) is 35.3 Å². The van der Waals surface area contributed by atoms with Crippen molar-refractivity contribution < 1.29 is 14.3 Å². The van der Waals surface area contributed by atoms with E-state index in [2.05, 4.69) is 31.3 Å². The Labute approximate surface area is 143 Å². The second-order valence-electron chi connectivity index (χ2n) is 5.71. The summed E-state index contributed by atoms with van der Waals surface area (Å²) in [5.74, 6) is 1.50. The molecule has 0 saturated carbocycles. The molecule has 1 amide bonds. The Hall–Kier alpha value is -2.75. The second-order valence-corrected chi connectivity index (χ2v) is 5.71. The number of amides is 1. The largest absolute Gasteiger partial charge is 0.497 e. The maximum Gasteiger partial charge on any atom is 0.248 e. The Morgan fingerprint density at radius 2 is 1.75 bits per heavy atom. The molecule has 0 saturated heterocycles. The van der Waals surface area contributed by atoms with Crippen molar-refractivity contribution in [2.75, 3.05) is 19.5 Å². The lowest BCUT2D eigenvalue weighted by molar-refractivity contribution is -0.111. The van der Waals surface area contributed by atoms with E-state index >= 15 is 0 Å². The molecule has 1 N–H and O–H groups in total. The number of carbonyl (C=O) groups excluding carboxylic acids is 1. The minimum absolute atomic E-state index is 0.216. The van der Waals surface area contributed by atoms with Gasteiger partial charge in [0.15, 0.2) is 0 Å². The third kappa shape index (κ3) is 4.62. The number of hydrogen-bond donors (Lipinski definition) is 1. The van der Waals surface area contributed by atoms with Crippen molar-refractivity contribution in [2.24, 2.45) is 0 Å². The zero-order valence-electron chi connectivity index (χ0n) is 14.5. The molecule has 0 aliphatic carbocycles. The monoisotopic (exact) mass is 325 g/mol. The first-order chi connectivity index (χ1) is 11.5. The van der Waals surface area contributed by atoms with Gasteiger partial charge in [0.2, 0.25) is 5.91 Å². The van der Waals surface area contributed by atoms with Crippen molar-refractivity contribution in [1.29, 1.82) is 0 Å². The van der Waals surface area contributed by atoms with E-state index in [-0.39, 0.29) is 5.91 Å². The van der Waals surface area contributed by atoms with Crippen LogP contribution in [0.4, 0.5) is 5.69 Å². The smallest absolute Gasteiger partial charge is 0.248 e. The molecule has 0 unspecified atom stereocenters. The first-order valence-electron chi connectivity index (χ1n) is 7.84. The fourth-order valence-corrected chi connectivity index (χ4v) is 2.24. The minimum Gasteiger partial charge on any atom is -0.497 e. The number of anilines is 1. The van der Waals surface area contributed by atoms with E-state index in [1.807, 2.05) is 12.1 Å². The summed E-state index contributed by atoms with van der Waals surface area (Å²) in [6.45, 7) is 4.31. The number of nitrogens with one attached hydrogen (secondary N) is 1. The van der Waals surface area contributed by atoms with Crippen molar-refractivity contribution in [3.05, 3.63) is 59.7 Å². The van der Waals surface area contributed by atoms with Gasteiger partial charge in [-0.3, -0.25) is 4.79 Å². The van der Waals surface area contributed by atoms with Crippen LogP contribution < -0.4 is 14.8 Å². The van der Waals surface area contributed by atoms with Crippen LogP contribution in [0.3, 0.4) is 0 Å². The first kappa shape index (κ1) is 17.6. The highest BCUT2D eigenvalue weighted by Crippen LogP contribution is 2.29. The van der Waals surface area contributed by atoms with Gasteiger partial charge in [0.25, 0.3) is 0 Å². The number of hydrogen-bond acceptors (Lipinski definition) is 3. The molecule has 0 fully saturated rings. The van der Waals surface area contributed by atoms with Crippen LogP contribution in [-0.2, 0) is 4.79 Å². The minimum atomic E-state index is -0.216. The van der Waals surface area contributed by atoms with Crippen molar-refractivity contribution >= 4 is 17.7 Å². The number of benzene rings is 2. The molecule has 4 nitrogen and oxygen atoms in total. The number of ether oxygens (including phenoxy) is 2. The van der Waals surface area contributed by atoms with Crippen molar-refractivity contribution in [3.63, 3.8) is 0 Å². The summed E-state index contributed by atoms with van der Waals surface area (Å²) in [6, 6.07) is 13.4. The van der Waals surface area contributed by atoms with Gasteiger partial charge in [-0.15, -0.1) is 0 Å². The highest BCUT2D eigenvalue weighted by atomic mass is 16.5. The summed E-state index contributed by atoms with van der Waals surface area (Å²) in [5.41, 5.74) is 2.86. The van der Waals surface area contributed by atoms with Crippen LogP contribution in [0.25, 0.3) is 6.08 Å². The Morgan fingerprint density at radius 1 is 1.04 bits per heavy atom. The van der Waals surface area contributed by atoms with Crippen molar-refractivity contribution in [1.82, 2.24) is 0 Å². The highest BCUT2D eigenvalue weighted by molar-refractivity contribution is 6.02. The molecule has 4 heteroatoms. The van der Waals surface area contributed by atoms with E-state index in [4.69, 9.17) is 9.47 Å². The second kappa shape index (κ2) is 8.20. The maximum absolute atomic E-state index is 12.1. The third-order valence-corrected chi connectivity index (χ3v) is 3.70. The van der Waals surface area contributed by atoms with E-state index in [1.165, 1.54) is 11.6 Å². The zero-order chi connectivity index (χ0) is 17.5. The van der Waals surface area contributed by atoms with Crippen LogP contribution in [0.2, 0.25) is 0 Å². The summed E-state index contributed by atoms with van der Waals surface area (Å²) >= 11 is 0. The molecule has 0 bridgehead atoms.